The van der Waals surface area contributed by atoms with Gasteiger partial charge in [-0.05, 0) is 25.3 Å². The summed E-state index contributed by atoms with van der Waals surface area (Å²) in [6.45, 7) is 1.69. The average molecular weight is 279 g/mol. The van der Waals surface area contributed by atoms with E-state index in [1.54, 1.807) is 18.3 Å². The van der Waals surface area contributed by atoms with Crippen LogP contribution in [-0.4, -0.2) is 22.3 Å². The summed E-state index contributed by atoms with van der Waals surface area (Å²) < 4.78 is 7.67. The Morgan fingerprint density at radius 2 is 2.42 bits per heavy atom. The quantitative estimate of drug-likeness (QED) is 0.811. The molecule has 0 aromatic carbocycles. The number of pyridine rings is 2. The molecule has 0 unspecified atom stereocenters. The van der Waals surface area contributed by atoms with E-state index in [-0.39, 0.29) is 5.43 Å². The van der Waals surface area contributed by atoms with Gasteiger partial charge in [-0.2, -0.15) is 0 Å². The summed E-state index contributed by atoms with van der Waals surface area (Å²) >= 11 is 5.92. The van der Waals surface area contributed by atoms with Crippen LogP contribution in [0.5, 0.6) is 0 Å². The average Bonchev–Trinajstić information content (AvgIpc) is 2.91. The van der Waals surface area contributed by atoms with Crippen molar-refractivity contribution in [2.75, 3.05) is 6.61 Å². The maximum Gasteiger partial charge on any atom is 0.190 e. The third-order valence-electron chi connectivity index (χ3n) is 3.55. The normalized spacial score (nSPS) is 19.1. The van der Waals surface area contributed by atoms with Crippen LogP contribution in [0.25, 0.3) is 10.9 Å². The second-order valence-corrected chi connectivity index (χ2v) is 5.21. The minimum Gasteiger partial charge on any atom is -0.378 e. The fourth-order valence-electron chi connectivity index (χ4n) is 2.53. The van der Waals surface area contributed by atoms with Crippen LogP contribution in [0.2, 0.25) is 5.15 Å². The molecule has 2 aromatic heterocycles. The van der Waals surface area contributed by atoms with Gasteiger partial charge in [-0.3, -0.25) is 4.79 Å². The zero-order valence-corrected chi connectivity index (χ0v) is 11.3. The molecule has 0 bridgehead atoms. The molecule has 3 rings (SSSR count). The predicted molar refractivity (Wildman–Crippen MR) is 74.6 cm³/mol. The van der Waals surface area contributed by atoms with Crippen LogP contribution in [0, 0.1) is 0 Å². The molecule has 1 atom stereocenters. The SMILES string of the molecule is O=c1ccn(CC[C@H]2CCCO2)c2cc(Cl)ncc12. The molecule has 1 saturated heterocycles. The third-order valence-corrected chi connectivity index (χ3v) is 3.75. The van der Waals surface area contributed by atoms with Crippen LogP contribution < -0.4 is 5.43 Å². The molecule has 0 aliphatic carbocycles. The molecule has 0 spiro atoms. The number of aromatic nitrogens is 2. The Morgan fingerprint density at radius 1 is 1.53 bits per heavy atom. The minimum absolute atomic E-state index is 0.0208. The first kappa shape index (κ1) is 12.6. The van der Waals surface area contributed by atoms with Crippen molar-refractivity contribution in [1.29, 1.82) is 0 Å². The molecular formula is C14H15ClN2O2. The van der Waals surface area contributed by atoms with Gasteiger partial charge < -0.3 is 9.30 Å². The first-order valence-corrected chi connectivity index (χ1v) is 6.88. The highest BCUT2D eigenvalue weighted by molar-refractivity contribution is 6.29. The Kier molecular flexibility index (Phi) is 3.53. The van der Waals surface area contributed by atoms with Crippen molar-refractivity contribution in [2.24, 2.45) is 0 Å². The van der Waals surface area contributed by atoms with Crippen molar-refractivity contribution in [3.8, 4) is 0 Å². The summed E-state index contributed by atoms with van der Waals surface area (Å²) in [7, 11) is 0. The zero-order valence-electron chi connectivity index (χ0n) is 10.5. The van der Waals surface area contributed by atoms with E-state index < -0.39 is 0 Å². The standard InChI is InChI=1S/C14H15ClN2O2/c15-14-8-12-11(9-16-14)13(18)4-6-17(12)5-3-10-2-1-7-19-10/h4,6,8-10H,1-3,5,7H2/t10-/m1/s1. The van der Waals surface area contributed by atoms with Crippen LogP contribution in [0.1, 0.15) is 19.3 Å². The first-order valence-electron chi connectivity index (χ1n) is 6.50. The van der Waals surface area contributed by atoms with Crippen LogP contribution in [0.15, 0.2) is 29.3 Å². The largest absolute Gasteiger partial charge is 0.378 e. The molecule has 0 amide bonds. The first-order chi connectivity index (χ1) is 9.24. The van der Waals surface area contributed by atoms with Crippen molar-refractivity contribution in [3.63, 3.8) is 0 Å². The van der Waals surface area contributed by atoms with Gasteiger partial charge >= 0.3 is 0 Å². The number of nitrogens with zero attached hydrogens (tertiary/aromatic N) is 2. The Balaban J connectivity index is 1.91. The molecule has 0 N–H and O–H groups in total. The lowest BCUT2D eigenvalue weighted by Gasteiger charge is -2.13. The van der Waals surface area contributed by atoms with Crippen molar-refractivity contribution in [2.45, 2.75) is 31.9 Å². The van der Waals surface area contributed by atoms with Gasteiger partial charge in [0, 0.05) is 31.6 Å². The summed E-state index contributed by atoms with van der Waals surface area (Å²) in [5.74, 6) is 0. The molecule has 3 heterocycles. The summed E-state index contributed by atoms with van der Waals surface area (Å²) in [4.78, 5) is 15.8. The van der Waals surface area contributed by atoms with Gasteiger partial charge in [0.15, 0.2) is 5.43 Å². The lowest BCUT2D eigenvalue weighted by atomic mass is 10.2. The second kappa shape index (κ2) is 5.31. The Morgan fingerprint density at radius 3 is 3.21 bits per heavy atom. The van der Waals surface area contributed by atoms with Gasteiger partial charge in [-0.15, -0.1) is 0 Å². The Bertz CT molecular complexity index is 647. The highest BCUT2D eigenvalue weighted by Crippen LogP contribution is 2.18. The van der Waals surface area contributed by atoms with Gasteiger partial charge in [-0.25, -0.2) is 4.98 Å². The fourth-order valence-corrected chi connectivity index (χ4v) is 2.68. The van der Waals surface area contributed by atoms with E-state index in [2.05, 4.69) is 4.98 Å². The molecule has 19 heavy (non-hydrogen) atoms. The number of aryl methyl sites for hydroxylation is 1. The van der Waals surface area contributed by atoms with Gasteiger partial charge in [0.2, 0.25) is 0 Å². The van der Waals surface area contributed by atoms with E-state index in [0.717, 1.165) is 37.9 Å². The van der Waals surface area contributed by atoms with E-state index in [1.807, 2.05) is 10.8 Å². The number of ether oxygens (including phenoxy) is 1. The molecule has 1 fully saturated rings. The number of rotatable bonds is 3. The van der Waals surface area contributed by atoms with Gasteiger partial charge in [-0.1, -0.05) is 11.6 Å². The third kappa shape index (κ3) is 2.65. The molecule has 1 aliphatic rings. The van der Waals surface area contributed by atoms with Crippen molar-refractivity contribution in [3.05, 3.63) is 39.9 Å². The van der Waals surface area contributed by atoms with E-state index in [9.17, 15) is 4.79 Å². The number of halogens is 1. The minimum atomic E-state index is -0.0208. The van der Waals surface area contributed by atoms with Crippen LogP contribution in [0.3, 0.4) is 0 Å². The van der Waals surface area contributed by atoms with Gasteiger partial charge in [0.1, 0.15) is 5.15 Å². The van der Waals surface area contributed by atoms with Crippen molar-refractivity contribution < 1.29 is 4.74 Å². The van der Waals surface area contributed by atoms with Gasteiger partial charge in [0.05, 0.1) is 17.0 Å². The molecule has 5 heteroatoms. The van der Waals surface area contributed by atoms with E-state index in [4.69, 9.17) is 16.3 Å². The summed E-state index contributed by atoms with van der Waals surface area (Å²) in [5.41, 5.74) is 0.818. The van der Waals surface area contributed by atoms with Crippen LogP contribution in [-0.2, 0) is 11.3 Å². The topological polar surface area (TPSA) is 44.1 Å². The Hall–Kier alpha value is -1.39. The van der Waals surface area contributed by atoms with Crippen molar-refractivity contribution in [1.82, 2.24) is 9.55 Å². The van der Waals surface area contributed by atoms with Gasteiger partial charge in [0.25, 0.3) is 0 Å². The summed E-state index contributed by atoms with van der Waals surface area (Å²) in [6.07, 6.45) is 6.93. The maximum atomic E-state index is 11.8. The number of fused-ring (bicyclic) bond motifs is 1. The fraction of sp³-hybridized carbons (Fsp3) is 0.429. The predicted octanol–water partition coefficient (Wildman–Crippen LogP) is 2.62. The molecule has 0 saturated carbocycles. The van der Waals surface area contributed by atoms with Crippen molar-refractivity contribution >= 4 is 22.5 Å². The number of hydrogen-bond acceptors (Lipinski definition) is 3. The van der Waals surface area contributed by atoms with E-state index in [0.29, 0.717) is 16.6 Å². The Labute approximate surface area is 116 Å². The van der Waals surface area contributed by atoms with E-state index in [1.165, 1.54) is 0 Å². The molecule has 4 nitrogen and oxygen atoms in total. The molecule has 0 radical (unpaired) electrons. The zero-order chi connectivity index (χ0) is 13.2. The number of hydrogen-bond donors (Lipinski definition) is 0. The summed E-state index contributed by atoms with van der Waals surface area (Å²) in [5, 5.41) is 1.02. The van der Waals surface area contributed by atoms with Crippen LogP contribution >= 0.6 is 11.6 Å². The molecular weight excluding hydrogens is 264 g/mol. The lowest BCUT2D eigenvalue weighted by Crippen LogP contribution is -2.13. The molecule has 2 aromatic rings. The maximum absolute atomic E-state index is 11.8. The molecule has 1 aliphatic heterocycles. The highest BCUT2D eigenvalue weighted by Gasteiger charge is 2.15. The van der Waals surface area contributed by atoms with Crippen LogP contribution in [0.4, 0.5) is 0 Å². The smallest absolute Gasteiger partial charge is 0.190 e. The van der Waals surface area contributed by atoms with E-state index >= 15 is 0 Å². The summed E-state index contributed by atoms with van der Waals surface area (Å²) in [6, 6.07) is 3.32. The second-order valence-electron chi connectivity index (χ2n) is 4.82. The molecule has 100 valence electrons. The lowest BCUT2D eigenvalue weighted by molar-refractivity contribution is 0.101. The highest BCUT2D eigenvalue weighted by atomic mass is 35.5. The monoisotopic (exact) mass is 278 g/mol.